The van der Waals surface area contributed by atoms with E-state index in [-0.39, 0.29) is 18.1 Å². The summed E-state index contributed by atoms with van der Waals surface area (Å²) in [6.07, 6.45) is 6.55. The van der Waals surface area contributed by atoms with Crippen LogP contribution in [0.3, 0.4) is 0 Å². The van der Waals surface area contributed by atoms with Crippen molar-refractivity contribution in [2.24, 2.45) is 5.92 Å². The van der Waals surface area contributed by atoms with Gasteiger partial charge in [0.1, 0.15) is 18.7 Å². The first kappa shape index (κ1) is 13.0. The van der Waals surface area contributed by atoms with E-state index in [2.05, 4.69) is 15.4 Å². The lowest BCUT2D eigenvalue weighted by atomic mass is 9.87. The first-order chi connectivity index (χ1) is 8.66. The van der Waals surface area contributed by atoms with Gasteiger partial charge in [0.05, 0.1) is 6.10 Å². The van der Waals surface area contributed by atoms with E-state index in [1.54, 1.807) is 6.92 Å². The molecule has 0 bridgehead atoms. The minimum absolute atomic E-state index is 0.0550. The molecule has 1 saturated carbocycles. The molecule has 0 spiro atoms. The van der Waals surface area contributed by atoms with Crippen molar-refractivity contribution in [1.82, 2.24) is 20.1 Å². The van der Waals surface area contributed by atoms with Crippen LogP contribution < -0.4 is 5.32 Å². The van der Waals surface area contributed by atoms with Gasteiger partial charge in [-0.2, -0.15) is 5.10 Å². The molecule has 1 aliphatic carbocycles. The molecule has 3 unspecified atom stereocenters. The molecular weight excluding hydrogens is 232 g/mol. The maximum Gasteiger partial charge on any atom is 0.244 e. The number of hydrogen-bond donors (Lipinski definition) is 2. The van der Waals surface area contributed by atoms with E-state index < -0.39 is 0 Å². The number of nitrogens with zero attached hydrogens (tertiary/aromatic N) is 3. The van der Waals surface area contributed by atoms with Crippen LogP contribution in [0, 0.1) is 5.92 Å². The summed E-state index contributed by atoms with van der Waals surface area (Å²) in [4.78, 5) is 15.7. The molecule has 2 N–H and O–H groups in total. The second-order valence-corrected chi connectivity index (χ2v) is 4.98. The lowest BCUT2D eigenvalue weighted by molar-refractivity contribution is -0.124. The van der Waals surface area contributed by atoms with Gasteiger partial charge in [0.2, 0.25) is 5.91 Å². The molecule has 6 heteroatoms. The molecule has 18 heavy (non-hydrogen) atoms. The summed E-state index contributed by atoms with van der Waals surface area (Å²) in [5.41, 5.74) is 0. The number of carbonyl (C=O) groups is 1. The van der Waals surface area contributed by atoms with Crippen molar-refractivity contribution in [2.75, 3.05) is 6.54 Å². The van der Waals surface area contributed by atoms with Gasteiger partial charge < -0.3 is 10.4 Å². The number of carbonyl (C=O) groups excluding carboxylic acids is 1. The van der Waals surface area contributed by atoms with Crippen LogP contribution in [0.15, 0.2) is 12.7 Å². The second kappa shape index (κ2) is 5.95. The van der Waals surface area contributed by atoms with E-state index in [1.807, 2.05) is 0 Å². The van der Waals surface area contributed by atoms with E-state index in [9.17, 15) is 9.90 Å². The van der Waals surface area contributed by atoms with Crippen LogP contribution in [0.25, 0.3) is 0 Å². The summed E-state index contributed by atoms with van der Waals surface area (Å²) in [5, 5.41) is 16.4. The molecule has 0 aromatic carbocycles. The fourth-order valence-corrected chi connectivity index (χ4v) is 2.38. The van der Waals surface area contributed by atoms with Gasteiger partial charge in [0, 0.05) is 6.54 Å². The van der Waals surface area contributed by atoms with Crippen molar-refractivity contribution < 1.29 is 9.90 Å². The maximum absolute atomic E-state index is 11.9. The summed E-state index contributed by atoms with van der Waals surface area (Å²) >= 11 is 0. The summed E-state index contributed by atoms with van der Waals surface area (Å²) in [6.45, 7) is 2.43. The van der Waals surface area contributed by atoms with Crippen LogP contribution in [-0.2, 0) is 4.79 Å². The predicted molar refractivity (Wildman–Crippen MR) is 65.7 cm³/mol. The highest BCUT2D eigenvalue weighted by Crippen LogP contribution is 2.23. The molecule has 1 aromatic rings. The zero-order valence-electron chi connectivity index (χ0n) is 10.6. The Labute approximate surface area is 106 Å². The summed E-state index contributed by atoms with van der Waals surface area (Å²) in [6, 6.07) is -0.346. The number of nitrogens with one attached hydrogen (secondary N) is 1. The lowest BCUT2D eigenvalue weighted by Gasteiger charge is -2.26. The standard InChI is InChI=1S/C12H20N4O2/c1-9(16-8-13-7-15-16)12(18)14-6-10-3-2-4-11(17)5-10/h7-11,17H,2-6H2,1H3,(H,14,18). The van der Waals surface area contributed by atoms with Gasteiger partial charge in [-0.3, -0.25) is 4.79 Å². The quantitative estimate of drug-likeness (QED) is 0.818. The fraction of sp³-hybridized carbons (Fsp3) is 0.750. The Morgan fingerprint density at radius 1 is 1.61 bits per heavy atom. The zero-order valence-corrected chi connectivity index (χ0v) is 10.6. The number of aliphatic hydroxyl groups is 1. The molecule has 1 fully saturated rings. The van der Waals surface area contributed by atoms with Gasteiger partial charge in [-0.1, -0.05) is 6.42 Å². The molecule has 0 saturated heterocycles. The molecule has 0 aliphatic heterocycles. The first-order valence-electron chi connectivity index (χ1n) is 6.46. The van der Waals surface area contributed by atoms with Gasteiger partial charge >= 0.3 is 0 Å². The highest BCUT2D eigenvalue weighted by atomic mass is 16.3. The fourth-order valence-electron chi connectivity index (χ4n) is 2.38. The largest absolute Gasteiger partial charge is 0.393 e. The molecule has 2 rings (SSSR count). The van der Waals surface area contributed by atoms with Crippen molar-refractivity contribution >= 4 is 5.91 Å². The van der Waals surface area contributed by atoms with Crippen LogP contribution in [0.2, 0.25) is 0 Å². The molecule has 1 amide bonds. The lowest BCUT2D eigenvalue weighted by Crippen LogP contribution is -2.36. The average molecular weight is 252 g/mol. The van der Waals surface area contributed by atoms with Crippen molar-refractivity contribution in [1.29, 1.82) is 0 Å². The monoisotopic (exact) mass is 252 g/mol. The Morgan fingerprint density at radius 3 is 3.11 bits per heavy atom. The smallest absolute Gasteiger partial charge is 0.244 e. The van der Waals surface area contributed by atoms with Gasteiger partial charge in [0.15, 0.2) is 0 Å². The number of amides is 1. The molecule has 3 atom stereocenters. The van der Waals surface area contributed by atoms with Gasteiger partial charge in [-0.05, 0) is 32.1 Å². The summed E-state index contributed by atoms with van der Waals surface area (Å²) < 4.78 is 1.53. The van der Waals surface area contributed by atoms with Gasteiger partial charge in [-0.15, -0.1) is 0 Å². The molecule has 100 valence electrons. The van der Waals surface area contributed by atoms with Crippen LogP contribution >= 0.6 is 0 Å². The van der Waals surface area contributed by atoms with Crippen LogP contribution in [0.4, 0.5) is 0 Å². The third kappa shape index (κ3) is 3.29. The summed E-state index contributed by atoms with van der Waals surface area (Å²) in [5.74, 6) is 0.334. The minimum Gasteiger partial charge on any atom is -0.393 e. The van der Waals surface area contributed by atoms with Crippen LogP contribution in [0.5, 0.6) is 0 Å². The van der Waals surface area contributed by atoms with E-state index in [0.717, 1.165) is 25.7 Å². The maximum atomic E-state index is 11.9. The Morgan fingerprint density at radius 2 is 2.44 bits per heavy atom. The minimum atomic E-state index is -0.346. The third-order valence-corrected chi connectivity index (χ3v) is 3.53. The number of aliphatic hydroxyl groups excluding tert-OH is 1. The highest BCUT2D eigenvalue weighted by Gasteiger charge is 2.22. The number of rotatable bonds is 4. The molecule has 1 heterocycles. The van der Waals surface area contributed by atoms with E-state index >= 15 is 0 Å². The number of hydrogen-bond acceptors (Lipinski definition) is 4. The van der Waals surface area contributed by atoms with Crippen molar-refractivity contribution in [3.63, 3.8) is 0 Å². The van der Waals surface area contributed by atoms with Crippen molar-refractivity contribution in [3.8, 4) is 0 Å². The predicted octanol–water partition coefficient (Wildman–Crippen LogP) is 0.506. The van der Waals surface area contributed by atoms with E-state index in [4.69, 9.17) is 0 Å². The molecule has 1 aliphatic rings. The van der Waals surface area contributed by atoms with Crippen molar-refractivity contribution in [3.05, 3.63) is 12.7 Å². The first-order valence-corrected chi connectivity index (χ1v) is 6.46. The Bertz CT molecular complexity index is 379. The second-order valence-electron chi connectivity index (χ2n) is 4.98. The number of aromatic nitrogens is 3. The van der Waals surface area contributed by atoms with Crippen LogP contribution in [0.1, 0.15) is 38.6 Å². The highest BCUT2D eigenvalue weighted by molar-refractivity contribution is 5.79. The Kier molecular flexibility index (Phi) is 4.30. The third-order valence-electron chi connectivity index (χ3n) is 3.53. The van der Waals surface area contributed by atoms with E-state index in [0.29, 0.717) is 12.5 Å². The topological polar surface area (TPSA) is 80.0 Å². The molecule has 6 nitrogen and oxygen atoms in total. The van der Waals surface area contributed by atoms with E-state index in [1.165, 1.54) is 17.3 Å². The van der Waals surface area contributed by atoms with Crippen LogP contribution in [-0.4, -0.2) is 38.4 Å². The Hall–Kier alpha value is -1.43. The molecular formula is C12H20N4O2. The van der Waals surface area contributed by atoms with Gasteiger partial charge in [-0.25, -0.2) is 9.67 Å². The molecule has 0 radical (unpaired) electrons. The molecule has 1 aromatic heterocycles. The van der Waals surface area contributed by atoms with Crippen molar-refractivity contribution in [2.45, 2.75) is 44.8 Å². The zero-order chi connectivity index (χ0) is 13.0. The normalized spacial score (nSPS) is 25.7. The average Bonchev–Trinajstić information content (AvgIpc) is 2.89. The Balaban J connectivity index is 1.77. The SMILES string of the molecule is CC(C(=O)NCC1CCCC(O)C1)n1cncn1. The van der Waals surface area contributed by atoms with Gasteiger partial charge in [0.25, 0.3) is 0 Å². The summed E-state index contributed by atoms with van der Waals surface area (Å²) in [7, 11) is 0.